The van der Waals surface area contributed by atoms with Gasteiger partial charge in [-0.05, 0) is 74.8 Å². The number of phenolic OH excluding ortho intramolecular Hbond substituents is 1. The normalized spacial score (nSPS) is 14.4. The first-order valence-corrected chi connectivity index (χ1v) is 9.96. The van der Waals surface area contributed by atoms with Gasteiger partial charge in [0.25, 0.3) is 0 Å². The number of nitrogens with two attached hydrogens (primary N) is 1. The first-order valence-electron chi connectivity index (χ1n) is 9.96. The molecule has 0 aliphatic heterocycles. The highest BCUT2D eigenvalue weighted by atomic mass is 16.4. The Balaban J connectivity index is 0.000000541. The molecule has 0 saturated heterocycles. The molecule has 0 heterocycles. The highest BCUT2D eigenvalue weighted by Gasteiger charge is 2.18. The molecule has 0 aromatic heterocycles. The number of carbonyl (C=O) groups is 1. The van der Waals surface area contributed by atoms with Crippen LogP contribution in [-0.4, -0.2) is 48.3 Å². The van der Waals surface area contributed by atoms with E-state index in [-0.39, 0.29) is 12.3 Å². The Bertz CT molecular complexity index is 532. The van der Waals surface area contributed by atoms with Crippen LogP contribution in [0.5, 0.6) is 5.75 Å². The fourth-order valence-corrected chi connectivity index (χ4v) is 3.60. The zero-order valence-corrected chi connectivity index (χ0v) is 18.0. The van der Waals surface area contributed by atoms with Crippen molar-refractivity contribution in [2.45, 2.75) is 52.9 Å². The van der Waals surface area contributed by atoms with Crippen LogP contribution in [0.1, 0.15) is 58.4 Å². The van der Waals surface area contributed by atoms with E-state index in [1.165, 1.54) is 5.56 Å². The minimum atomic E-state index is -0.749. The van der Waals surface area contributed by atoms with Gasteiger partial charge in [-0.3, -0.25) is 4.79 Å². The summed E-state index contributed by atoms with van der Waals surface area (Å²) < 4.78 is 0. The number of aliphatic carboxylic acids is 1. The van der Waals surface area contributed by atoms with Crippen molar-refractivity contribution in [2.24, 2.45) is 23.5 Å². The van der Waals surface area contributed by atoms with Gasteiger partial charge < -0.3 is 20.8 Å². The Kier molecular flexibility index (Phi) is 12.8. The molecule has 0 aliphatic carbocycles. The van der Waals surface area contributed by atoms with Crippen molar-refractivity contribution in [3.8, 4) is 5.75 Å². The lowest BCUT2D eigenvalue weighted by Gasteiger charge is -2.26. The summed E-state index contributed by atoms with van der Waals surface area (Å²) in [6, 6.07) is 7.66. The number of phenols is 1. The van der Waals surface area contributed by atoms with E-state index in [0.717, 1.165) is 19.4 Å². The lowest BCUT2D eigenvalue weighted by atomic mass is 9.85. The van der Waals surface area contributed by atoms with Crippen LogP contribution in [-0.2, 0) is 4.79 Å². The fraction of sp³-hybridized carbons (Fsp3) is 0.682. The van der Waals surface area contributed by atoms with Crippen LogP contribution in [0.3, 0.4) is 0 Å². The number of nitrogens with zero attached hydrogens (tertiary/aromatic N) is 1. The Morgan fingerprint density at radius 1 is 1.22 bits per heavy atom. The van der Waals surface area contributed by atoms with Crippen molar-refractivity contribution in [3.63, 3.8) is 0 Å². The van der Waals surface area contributed by atoms with Gasteiger partial charge >= 0.3 is 5.97 Å². The number of carboxylic acids is 1. The van der Waals surface area contributed by atoms with E-state index < -0.39 is 5.97 Å². The molecule has 0 aliphatic rings. The fourth-order valence-electron chi connectivity index (χ4n) is 3.60. The molecule has 0 saturated carbocycles. The highest BCUT2D eigenvalue weighted by Crippen LogP contribution is 2.30. The second-order valence-corrected chi connectivity index (χ2v) is 8.18. The molecule has 3 atom stereocenters. The molecule has 27 heavy (non-hydrogen) atoms. The van der Waals surface area contributed by atoms with Gasteiger partial charge in [0.05, 0.1) is 0 Å². The molecule has 4 N–H and O–H groups in total. The third-order valence-corrected chi connectivity index (χ3v) is 4.68. The van der Waals surface area contributed by atoms with E-state index in [1.807, 2.05) is 12.1 Å². The quantitative estimate of drug-likeness (QED) is 0.567. The first-order chi connectivity index (χ1) is 12.6. The number of hydrogen-bond donors (Lipinski definition) is 3. The van der Waals surface area contributed by atoms with Crippen LogP contribution in [0.4, 0.5) is 0 Å². The van der Waals surface area contributed by atoms with E-state index in [9.17, 15) is 9.90 Å². The number of rotatable bonds is 10. The summed E-state index contributed by atoms with van der Waals surface area (Å²) in [7, 11) is 4.21. The summed E-state index contributed by atoms with van der Waals surface area (Å²) >= 11 is 0. The Morgan fingerprint density at radius 2 is 1.85 bits per heavy atom. The molecule has 0 bridgehead atoms. The summed E-state index contributed by atoms with van der Waals surface area (Å²) in [4.78, 5) is 12.5. The maximum absolute atomic E-state index is 10.3. The molecule has 0 unspecified atom stereocenters. The van der Waals surface area contributed by atoms with Crippen molar-refractivity contribution in [1.29, 1.82) is 0 Å². The second-order valence-electron chi connectivity index (χ2n) is 8.18. The molecule has 0 radical (unpaired) electrons. The number of carboxylic acid groups (broad SMARTS) is 1. The number of benzene rings is 1. The smallest absolute Gasteiger partial charge is 0.303 e. The summed E-state index contributed by atoms with van der Waals surface area (Å²) in [5, 5.41) is 18.0. The SMILES string of the molecule is CC(C)C[C@H](CN)CC(=O)O.CC[C@@H](c1cccc(O)c1)[C@@H](C)CN(C)C. The van der Waals surface area contributed by atoms with Gasteiger partial charge in [0.15, 0.2) is 0 Å². The number of hydrogen-bond acceptors (Lipinski definition) is 4. The molecule has 156 valence electrons. The third kappa shape index (κ3) is 11.7. The lowest BCUT2D eigenvalue weighted by Crippen LogP contribution is -2.24. The molecule has 0 fully saturated rings. The van der Waals surface area contributed by atoms with E-state index in [1.54, 1.807) is 6.07 Å². The predicted octanol–water partition coefficient (Wildman–Crippen LogP) is 4.17. The van der Waals surface area contributed by atoms with Crippen LogP contribution in [0.25, 0.3) is 0 Å². The maximum Gasteiger partial charge on any atom is 0.303 e. The van der Waals surface area contributed by atoms with Gasteiger partial charge in [-0.1, -0.05) is 39.8 Å². The molecular formula is C22H40N2O3. The summed E-state index contributed by atoms with van der Waals surface area (Å²) in [5.41, 5.74) is 6.65. The van der Waals surface area contributed by atoms with Crippen LogP contribution in [0, 0.1) is 17.8 Å². The number of aromatic hydroxyl groups is 1. The summed E-state index contributed by atoms with van der Waals surface area (Å²) in [6.07, 6.45) is 2.22. The summed E-state index contributed by atoms with van der Waals surface area (Å²) in [5.74, 6) is 1.42. The average molecular weight is 381 g/mol. The first kappa shape index (κ1) is 25.4. The lowest BCUT2D eigenvalue weighted by molar-refractivity contribution is -0.138. The largest absolute Gasteiger partial charge is 0.508 e. The van der Waals surface area contributed by atoms with E-state index in [2.05, 4.69) is 52.8 Å². The van der Waals surface area contributed by atoms with Crippen molar-refractivity contribution >= 4 is 5.97 Å². The van der Waals surface area contributed by atoms with Crippen LogP contribution in [0.15, 0.2) is 24.3 Å². The van der Waals surface area contributed by atoms with E-state index in [4.69, 9.17) is 10.8 Å². The Hall–Kier alpha value is -1.59. The van der Waals surface area contributed by atoms with Gasteiger partial charge in [0.1, 0.15) is 5.75 Å². The monoisotopic (exact) mass is 380 g/mol. The molecule has 1 rings (SSSR count). The van der Waals surface area contributed by atoms with Crippen molar-refractivity contribution in [1.82, 2.24) is 4.90 Å². The van der Waals surface area contributed by atoms with Gasteiger partial charge in [-0.2, -0.15) is 0 Å². The average Bonchev–Trinajstić information content (AvgIpc) is 2.54. The van der Waals surface area contributed by atoms with Crippen LogP contribution >= 0.6 is 0 Å². The molecule has 1 aromatic rings. The van der Waals surface area contributed by atoms with E-state index >= 15 is 0 Å². The van der Waals surface area contributed by atoms with Crippen molar-refractivity contribution in [3.05, 3.63) is 29.8 Å². The van der Waals surface area contributed by atoms with Crippen molar-refractivity contribution in [2.75, 3.05) is 27.2 Å². The Morgan fingerprint density at radius 3 is 2.26 bits per heavy atom. The zero-order valence-electron chi connectivity index (χ0n) is 18.0. The predicted molar refractivity (Wildman–Crippen MR) is 113 cm³/mol. The van der Waals surface area contributed by atoms with E-state index in [0.29, 0.717) is 30.0 Å². The zero-order chi connectivity index (χ0) is 21.0. The van der Waals surface area contributed by atoms with Crippen LogP contribution in [0.2, 0.25) is 0 Å². The van der Waals surface area contributed by atoms with Gasteiger partial charge in [0, 0.05) is 13.0 Å². The van der Waals surface area contributed by atoms with Gasteiger partial charge in [0.2, 0.25) is 0 Å². The molecule has 5 heteroatoms. The third-order valence-electron chi connectivity index (χ3n) is 4.68. The molecule has 5 nitrogen and oxygen atoms in total. The molecule has 0 amide bonds. The minimum absolute atomic E-state index is 0.146. The second kappa shape index (κ2) is 13.6. The molecule has 0 spiro atoms. The topological polar surface area (TPSA) is 86.8 Å². The standard InChI is InChI=1S/C14H23NO.C8H17NO2/c1-5-14(11(2)10-15(3)4)12-7-6-8-13(16)9-12;1-6(2)3-7(5-9)4-8(10)11/h6-9,11,14,16H,5,10H2,1-4H3;6-7H,3-5,9H2,1-2H3,(H,10,11)/t11-,14+;7-/m00/s1. The van der Waals surface area contributed by atoms with Gasteiger partial charge in [-0.15, -0.1) is 0 Å². The molecule has 1 aromatic carbocycles. The van der Waals surface area contributed by atoms with Crippen molar-refractivity contribution < 1.29 is 15.0 Å². The summed E-state index contributed by atoms with van der Waals surface area (Å²) in [6.45, 7) is 10.2. The van der Waals surface area contributed by atoms with Crippen LogP contribution < -0.4 is 5.73 Å². The van der Waals surface area contributed by atoms with Gasteiger partial charge in [-0.25, -0.2) is 0 Å². The Labute approximate surface area is 165 Å². The minimum Gasteiger partial charge on any atom is -0.508 e. The maximum atomic E-state index is 10.3. The molecular weight excluding hydrogens is 340 g/mol. The highest BCUT2D eigenvalue weighted by molar-refractivity contribution is 5.67.